The zero-order chi connectivity index (χ0) is 16.9. The summed E-state index contributed by atoms with van der Waals surface area (Å²) in [5.74, 6) is -0.579. The second-order valence-corrected chi connectivity index (χ2v) is 7.39. The summed E-state index contributed by atoms with van der Waals surface area (Å²) in [6.45, 7) is 1.57. The van der Waals surface area contributed by atoms with Crippen LogP contribution in [0.4, 0.5) is 10.1 Å². The first-order valence-electron chi connectivity index (χ1n) is 7.28. The Morgan fingerprint density at radius 2 is 1.87 bits per heavy atom. The van der Waals surface area contributed by atoms with Crippen molar-refractivity contribution in [3.63, 3.8) is 0 Å². The van der Waals surface area contributed by atoms with Crippen molar-refractivity contribution in [2.24, 2.45) is 0 Å². The first-order valence-corrected chi connectivity index (χ1v) is 8.93. The standard InChI is InChI=1S/C17H18FNO3S/c1-2-23(21,22)16-8-4-7-15(12-16)19-17(20)10-9-13-5-3-6-14(18)11-13/h3-8,11-12H,2,9-10H2,1H3,(H,19,20). The number of carbonyl (C=O) groups excluding carboxylic acids is 1. The highest BCUT2D eigenvalue weighted by Crippen LogP contribution is 2.17. The summed E-state index contributed by atoms with van der Waals surface area (Å²) < 4.78 is 36.7. The predicted molar refractivity (Wildman–Crippen MR) is 87.5 cm³/mol. The lowest BCUT2D eigenvalue weighted by atomic mass is 10.1. The average molecular weight is 335 g/mol. The minimum absolute atomic E-state index is 0.00394. The van der Waals surface area contributed by atoms with Gasteiger partial charge in [0, 0.05) is 12.1 Å². The normalized spacial score (nSPS) is 11.2. The smallest absolute Gasteiger partial charge is 0.224 e. The molecule has 0 aliphatic heterocycles. The van der Waals surface area contributed by atoms with Crippen molar-refractivity contribution in [3.8, 4) is 0 Å². The van der Waals surface area contributed by atoms with Crippen LogP contribution in [0.25, 0.3) is 0 Å². The molecule has 23 heavy (non-hydrogen) atoms. The van der Waals surface area contributed by atoms with Gasteiger partial charge in [-0.3, -0.25) is 4.79 Å². The number of rotatable bonds is 6. The molecule has 122 valence electrons. The monoisotopic (exact) mass is 335 g/mol. The minimum Gasteiger partial charge on any atom is -0.326 e. The van der Waals surface area contributed by atoms with Crippen LogP contribution in [0, 0.1) is 5.82 Å². The van der Waals surface area contributed by atoms with Gasteiger partial charge in [0.1, 0.15) is 5.82 Å². The molecule has 0 saturated carbocycles. The van der Waals surface area contributed by atoms with Crippen LogP contribution in [0.1, 0.15) is 18.9 Å². The summed E-state index contributed by atoms with van der Waals surface area (Å²) in [5, 5.41) is 2.67. The molecule has 2 aromatic rings. The third kappa shape index (κ3) is 4.89. The molecule has 0 bridgehead atoms. The number of nitrogens with one attached hydrogen (secondary N) is 1. The first-order chi connectivity index (χ1) is 10.9. The SMILES string of the molecule is CCS(=O)(=O)c1cccc(NC(=O)CCc2cccc(F)c2)c1. The second-order valence-electron chi connectivity index (χ2n) is 5.11. The number of carbonyl (C=O) groups is 1. The van der Waals surface area contributed by atoms with Crippen molar-refractivity contribution in [2.45, 2.75) is 24.7 Å². The molecule has 0 unspecified atom stereocenters. The molecule has 4 nitrogen and oxygen atoms in total. The predicted octanol–water partition coefficient (Wildman–Crippen LogP) is 3.19. The number of hydrogen-bond acceptors (Lipinski definition) is 3. The fraction of sp³-hybridized carbons (Fsp3) is 0.235. The topological polar surface area (TPSA) is 63.2 Å². The van der Waals surface area contributed by atoms with Gasteiger partial charge in [-0.1, -0.05) is 25.1 Å². The van der Waals surface area contributed by atoms with Crippen molar-refractivity contribution in [1.82, 2.24) is 0 Å². The lowest BCUT2D eigenvalue weighted by molar-refractivity contribution is -0.116. The van der Waals surface area contributed by atoms with E-state index in [2.05, 4.69) is 5.32 Å². The molecule has 6 heteroatoms. The molecule has 0 aromatic heterocycles. The Hall–Kier alpha value is -2.21. The van der Waals surface area contributed by atoms with Crippen LogP contribution in [0.3, 0.4) is 0 Å². The van der Waals surface area contributed by atoms with Gasteiger partial charge in [-0.15, -0.1) is 0 Å². The van der Waals surface area contributed by atoms with Gasteiger partial charge in [-0.25, -0.2) is 12.8 Å². The van der Waals surface area contributed by atoms with Crippen LogP contribution in [0.5, 0.6) is 0 Å². The van der Waals surface area contributed by atoms with E-state index in [-0.39, 0.29) is 28.8 Å². The Labute approximate surface area is 135 Å². The average Bonchev–Trinajstić information content (AvgIpc) is 2.53. The van der Waals surface area contributed by atoms with Gasteiger partial charge in [0.15, 0.2) is 9.84 Å². The van der Waals surface area contributed by atoms with E-state index in [4.69, 9.17) is 0 Å². The molecule has 1 amide bonds. The largest absolute Gasteiger partial charge is 0.326 e. The maximum atomic E-state index is 13.1. The molecule has 0 aliphatic carbocycles. The van der Waals surface area contributed by atoms with Gasteiger partial charge >= 0.3 is 0 Å². The first kappa shape index (κ1) is 17.1. The Bertz CT molecular complexity index is 803. The number of aryl methyl sites for hydroxylation is 1. The lowest BCUT2D eigenvalue weighted by Gasteiger charge is -2.08. The number of amides is 1. The van der Waals surface area contributed by atoms with Gasteiger partial charge < -0.3 is 5.32 Å². The molecule has 1 N–H and O–H groups in total. The van der Waals surface area contributed by atoms with Gasteiger partial charge in [0.2, 0.25) is 5.91 Å². The van der Waals surface area contributed by atoms with Gasteiger partial charge in [0.25, 0.3) is 0 Å². The molecule has 0 fully saturated rings. The van der Waals surface area contributed by atoms with E-state index in [1.807, 2.05) is 0 Å². The number of halogens is 1. The lowest BCUT2D eigenvalue weighted by Crippen LogP contribution is -2.13. The van der Waals surface area contributed by atoms with Crippen LogP contribution in [0.2, 0.25) is 0 Å². The molecule has 0 heterocycles. The summed E-state index contributed by atoms with van der Waals surface area (Å²) in [6.07, 6.45) is 0.602. The van der Waals surface area contributed by atoms with Crippen molar-refractivity contribution in [1.29, 1.82) is 0 Å². The van der Waals surface area contributed by atoms with Gasteiger partial charge in [-0.2, -0.15) is 0 Å². The number of hydrogen-bond donors (Lipinski definition) is 1. The number of benzene rings is 2. The van der Waals surface area contributed by atoms with Crippen molar-refractivity contribution >= 4 is 21.4 Å². The molecule has 0 saturated heterocycles. The highest BCUT2D eigenvalue weighted by molar-refractivity contribution is 7.91. The van der Waals surface area contributed by atoms with E-state index in [1.54, 1.807) is 31.2 Å². The van der Waals surface area contributed by atoms with E-state index >= 15 is 0 Å². The summed E-state index contributed by atoms with van der Waals surface area (Å²) in [4.78, 5) is 12.1. The molecule has 2 aromatic carbocycles. The van der Waals surface area contributed by atoms with E-state index in [0.29, 0.717) is 12.1 Å². The number of anilines is 1. The van der Waals surface area contributed by atoms with E-state index < -0.39 is 9.84 Å². The van der Waals surface area contributed by atoms with Crippen LogP contribution in [-0.4, -0.2) is 20.1 Å². The molecular formula is C17H18FNO3S. The molecule has 0 spiro atoms. The van der Waals surface area contributed by atoms with Crippen LogP contribution in [0.15, 0.2) is 53.4 Å². The Morgan fingerprint density at radius 1 is 1.13 bits per heavy atom. The third-order valence-electron chi connectivity index (χ3n) is 3.39. The number of sulfone groups is 1. The highest BCUT2D eigenvalue weighted by atomic mass is 32.2. The van der Waals surface area contributed by atoms with Gasteiger partial charge in [0.05, 0.1) is 10.6 Å². The summed E-state index contributed by atoms with van der Waals surface area (Å²) in [7, 11) is -3.31. The maximum Gasteiger partial charge on any atom is 0.224 e. The Balaban J connectivity index is 1.99. The van der Waals surface area contributed by atoms with Crippen molar-refractivity contribution in [2.75, 3.05) is 11.1 Å². The fourth-order valence-electron chi connectivity index (χ4n) is 2.11. The van der Waals surface area contributed by atoms with E-state index in [0.717, 1.165) is 5.56 Å². The third-order valence-corrected chi connectivity index (χ3v) is 5.12. The summed E-state index contributed by atoms with van der Waals surface area (Å²) in [6, 6.07) is 12.3. The molecule has 0 atom stereocenters. The van der Waals surface area contributed by atoms with E-state index in [9.17, 15) is 17.6 Å². The minimum atomic E-state index is -3.31. The molecule has 0 radical (unpaired) electrons. The summed E-state index contributed by atoms with van der Waals surface area (Å²) in [5.41, 5.74) is 1.17. The zero-order valence-electron chi connectivity index (χ0n) is 12.8. The Morgan fingerprint density at radius 3 is 2.57 bits per heavy atom. The van der Waals surface area contributed by atoms with Crippen molar-refractivity contribution < 1.29 is 17.6 Å². The van der Waals surface area contributed by atoms with Crippen LogP contribution >= 0.6 is 0 Å². The second kappa shape index (κ2) is 7.37. The highest BCUT2D eigenvalue weighted by Gasteiger charge is 2.12. The summed E-state index contributed by atoms with van der Waals surface area (Å²) >= 11 is 0. The van der Waals surface area contributed by atoms with Crippen LogP contribution < -0.4 is 5.32 Å². The maximum absolute atomic E-state index is 13.1. The zero-order valence-corrected chi connectivity index (χ0v) is 13.6. The van der Waals surface area contributed by atoms with Crippen LogP contribution in [-0.2, 0) is 21.1 Å². The van der Waals surface area contributed by atoms with Crippen molar-refractivity contribution in [3.05, 3.63) is 59.9 Å². The molecular weight excluding hydrogens is 317 g/mol. The molecule has 0 aliphatic rings. The van der Waals surface area contributed by atoms with E-state index in [1.165, 1.54) is 24.3 Å². The quantitative estimate of drug-likeness (QED) is 0.882. The molecule has 2 rings (SSSR count). The van der Waals surface area contributed by atoms with Gasteiger partial charge in [-0.05, 0) is 42.3 Å². The Kier molecular flexibility index (Phi) is 5.50. The fourth-order valence-corrected chi connectivity index (χ4v) is 3.03.